The molecule has 0 saturated heterocycles. The molecule has 0 fully saturated rings. The molecule has 20 heavy (non-hydrogen) atoms. The van der Waals surface area contributed by atoms with Crippen molar-refractivity contribution in [2.75, 3.05) is 0 Å². The highest BCUT2D eigenvalue weighted by Crippen LogP contribution is 2.29. The lowest BCUT2D eigenvalue weighted by Crippen LogP contribution is -1.95. The monoisotopic (exact) mass is 283 g/mol. The molecule has 0 aliphatic rings. The van der Waals surface area contributed by atoms with Gasteiger partial charge < -0.3 is 10.5 Å². The summed E-state index contributed by atoms with van der Waals surface area (Å²) in [7, 11) is 0. The van der Waals surface area contributed by atoms with Crippen LogP contribution >= 0.6 is 11.3 Å². The minimum atomic E-state index is 0.576. The standard InChI is InChI=1S/C17H17NOS/c1-12-4-2-6-14(8-12)19-11-15-9-16-13(10-18)5-3-7-17(16)20-15/h2-9H,10-11,18H2,1H3. The average molecular weight is 283 g/mol. The Bertz CT molecular complexity index is 733. The maximum absolute atomic E-state index is 5.86. The number of nitrogens with two attached hydrogens (primary N) is 1. The van der Waals surface area contributed by atoms with Gasteiger partial charge in [0.05, 0.1) is 0 Å². The third kappa shape index (κ3) is 2.69. The van der Waals surface area contributed by atoms with Crippen LogP contribution in [0.3, 0.4) is 0 Å². The van der Waals surface area contributed by atoms with Gasteiger partial charge in [0, 0.05) is 16.1 Å². The van der Waals surface area contributed by atoms with Crippen LogP contribution in [0.5, 0.6) is 5.75 Å². The van der Waals surface area contributed by atoms with Crippen LogP contribution in [-0.4, -0.2) is 0 Å². The fourth-order valence-corrected chi connectivity index (χ4v) is 3.31. The Morgan fingerprint density at radius 3 is 2.75 bits per heavy atom. The van der Waals surface area contributed by atoms with Crippen LogP contribution in [0.1, 0.15) is 16.0 Å². The van der Waals surface area contributed by atoms with Gasteiger partial charge in [-0.3, -0.25) is 0 Å². The number of thiophene rings is 1. The Labute approximate surface area is 122 Å². The topological polar surface area (TPSA) is 35.2 Å². The molecule has 0 aliphatic carbocycles. The van der Waals surface area contributed by atoms with Crippen LogP contribution < -0.4 is 10.5 Å². The third-order valence-electron chi connectivity index (χ3n) is 3.29. The molecule has 1 aromatic heterocycles. The SMILES string of the molecule is Cc1cccc(OCc2cc3c(CN)cccc3s2)c1. The number of rotatable bonds is 4. The van der Waals surface area contributed by atoms with Crippen LogP contribution in [-0.2, 0) is 13.2 Å². The molecular weight excluding hydrogens is 266 g/mol. The molecule has 0 amide bonds. The highest BCUT2D eigenvalue weighted by Gasteiger charge is 2.06. The van der Waals surface area contributed by atoms with Crippen molar-refractivity contribution in [3.05, 3.63) is 64.5 Å². The number of hydrogen-bond donors (Lipinski definition) is 1. The Hall–Kier alpha value is -1.84. The van der Waals surface area contributed by atoms with Gasteiger partial charge in [0.2, 0.25) is 0 Å². The summed E-state index contributed by atoms with van der Waals surface area (Å²) in [6, 6.07) is 16.6. The smallest absolute Gasteiger partial charge is 0.122 e. The van der Waals surface area contributed by atoms with E-state index in [4.69, 9.17) is 10.5 Å². The molecule has 2 nitrogen and oxygen atoms in total. The van der Waals surface area contributed by atoms with E-state index in [1.54, 1.807) is 11.3 Å². The van der Waals surface area contributed by atoms with Crippen LogP contribution in [0, 0.1) is 6.92 Å². The van der Waals surface area contributed by atoms with Crippen LogP contribution in [0.15, 0.2) is 48.5 Å². The first-order chi connectivity index (χ1) is 9.76. The molecule has 0 aliphatic heterocycles. The zero-order chi connectivity index (χ0) is 13.9. The van der Waals surface area contributed by atoms with Gasteiger partial charge in [-0.2, -0.15) is 0 Å². The van der Waals surface area contributed by atoms with Crippen molar-refractivity contribution < 1.29 is 4.74 Å². The first-order valence-electron chi connectivity index (χ1n) is 6.66. The largest absolute Gasteiger partial charge is 0.488 e. The molecule has 0 atom stereocenters. The summed E-state index contributed by atoms with van der Waals surface area (Å²) >= 11 is 1.77. The van der Waals surface area contributed by atoms with E-state index < -0.39 is 0 Å². The summed E-state index contributed by atoms with van der Waals surface area (Å²) in [4.78, 5) is 1.22. The van der Waals surface area contributed by atoms with Gasteiger partial charge in [0.1, 0.15) is 12.4 Å². The van der Waals surface area contributed by atoms with Gasteiger partial charge in [0.25, 0.3) is 0 Å². The molecule has 3 heteroatoms. The van der Waals surface area contributed by atoms with E-state index >= 15 is 0 Å². The Kier molecular flexibility index (Phi) is 3.72. The third-order valence-corrected chi connectivity index (χ3v) is 4.37. The van der Waals surface area contributed by atoms with Crippen molar-refractivity contribution in [2.45, 2.75) is 20.1 Å². The molecule has 0 bridgehead atoms. The fraction of sp³-hybridized carbons (Fsp3) is 0.176. The van der Waals surface area contributed by atoms with Crippen LogP contribution in [0.2, 0.25) is 0 Å². The van der Waals surface area contributed by atoms with Crippen molar-refractivity contribution in [1.82, 2.24) is 0 Å². The normalized spacial score (nSPS) is 10.9. The van der Waals surface area contributed by atoms with Crippen LogP contribution in [0.4, 0.5) is 0 Å². The van der Waals surface area contributed by atoms with E-state index in [1.165, 1.54) is 26.1 Å². The van der Waals surface area contributed by atoms with Crippen LogP contribution in [0.25, 0.3) is 10.1 Å². The molecule has 0 spiro atoms. The average Bonchev–Trinajstić information content (AvgIpc) is 2.88. The lowest BCUT2D eigenvalue weighted by Gasteiger charge is -2.04. The minimum Gasteiger partial charge on any atom is -0.488 e. The summed E-state index contributed by atoms with van der Waals surface area (Å²) in [5.74, 6) is 0.918. The zero-order valence-electron chi connectivity index (χ0n) is 11.4. The van der Waals surface area contributed by atoms with E-state index in [-0.39, 0.29) is 0 Å². The molecule has 0 unspecified atom stereocenters. The Balaban J connectivity index is 1.81. The maximum atomic E-state index is 5.86. The van der Waals surface area contributed by atoms with Crippen molar-refractivity contribution in [3.63, 3.8) is 0 Å². The summed E-state index contributed by atoms with van der Waals surface area (Å²) in [5, 5.41) is 1.25. The van der Waals surface area contributed by atoms with Gasteiger partial charge in [-0.15, -0.1) is 11.3 Å². The molecule has 3 rings (SSSR count). The van der Waals surface area contributed by atoms with Gasteiger partial charge in [-0.25, -0.2) is 0 Å². The molecule has 0 saturated carbocycles. The summed E-state index contributed by atoms with van der Waals surface area (Å²) in [6.45, 7) is 3.25. The maximum Gasteiger partial charge on any atom is 0.122 e. The highest BCUT2D eigenvalue weighted by molar-refractivity contribution is 7.19. The number of benzene rings is 2. The number of aryl methyl sites for hydroxylation is 1. The second-order valence-electron chi connectivity index (χ2n) is 4.85. The predicted molar refractivity (Wildman–Crippen MR) is 85.2 cm³/mol. The van der Waals surface area contributed by atoms with E-state index in [0.717, 1.165) is 5.75 Å². The summed E-state index contributed by atoms with van der Waals surface area (Å²) < 4.78 is 7.13. The van der Waals surface area contributed by atoms with Crippen molar-refractivity contribution in [1.29, 1.82) is 0 Å². The van der Waals surface area contributed by atoms with E-state index in [0.29, 0.717) is 13.2 Å². The minimum absolute atomic E-state index is 0.576. The van der Waals surface area contributed by atoms with E-state index in [2.05, 4.69) is 43.3 Å². The fourth-order valence-electron chi connectivity index (χ4n) is 2.28. The summed E-state index contributed by atoms with van der Waals surface area (Å²) in [6.07, 6.45) is 0. The lowest BCUT2D eigenvalue weighted by atomic mass is 10.1. The van der Waals surface area contributed by atoms with Gasteiger partial charge in [-0.1, -0.05) is 24.3 Å². The van der Waals surface area contributed by atoms with Gasteiger partial charge >= 0.3 is 0 Å². The molecule has 0 radical (unpaired) electrons. The summed E-state index contributed by atoms with van der Waals surface area (Å²) in [5.41, 5.74) is 8.19. The lowest BCUT2D eigenvalue weighted by molar-refractivity contribution is 0.309. The quantitative estimate of drug-likeness (QED) is 0.777. The number of hydrogen-bond acceptors (Lipinski definition) is 3. The Morgan fingerprint density at radius 2 is 1.95 bits per heavy atom. The molecule has 102 valence electrons. The second-order valence-corrected chi connectivity index (χ2v) is 6.02. The first kappa shape index (κ1) is 13.2. The van der Waals surface area contributed by atoms with Crippen molar-refractivity contribution in [3.8, 4) is 5.75 Å². The molecular formula is C17H17NOS. The van der Waals surface area contributed by atoms with Crippen molar-refractivity contribution >= 4 is 21.4 Å². The first-order valence-corrected chi connectivity index (χ1v) is 7.48. The Morgan fingerprint density at radius 1 is 1.10 bits per heavy atom. The van der Waals surface area contributed by atoms with Gasteiger partial charge in [0.15, 0.2) is 0 Å². The highest BCUT2D eigenvalue weighted by atomic mass is 32.1. The van der Waals surface area contributed by atoms with Gasteiger partial charge in [-0.05, 0) is 47.7 Å². The predicted octanol–water partition coefficient (Wildman–Crippen LogP) is 4.25. The number of fused-ring (bicyclic) bond motifs is 1. The molecule has 2 aromatic carbocycles. The molecule has 3 aromatic rings. The number of ether oxygens (including phenoxy) is 1. The molecule has 1 heterocycles. The van der Waals surface area contributed by atoms with Crippen molar-refractivity contribution in [2.24, 2.45) is 5.73 Å². The van der Waals surface area contributed by atoms with E-state index in [9.17, 15) is 0 Å². The van der Waals surface area contributed by atoms with E-state index in [1.807, 2.05) is 12.1 Å². The second kappa shape index (κ2) is 5.65. The zero-order valence-corrected chi connectivity index (χ0v) is 12.2. The molecule has 2 N–H and O–H groups in total.